The molecule has 2 nitrogen and oxygen atoms in total. The van der Waals surface area contributed by atoms with E-state index < -0.39 is 0 Å². The topological polar surface area (TPSA) is 33.1 Å². The van der Waals surface area contributed by atoms with Crippen molar-refractivity contribution in [2.24, 2.45) is 5.92 Å². The first kappa shape index (κ1) is 8.70. The van der Waals surface area contributed by atoms with E-state index in [4.69, 9.17) is 5.11 Å². The molecule has 0 spiro atoms. The minimum atomic E-state index is 0.276. The van der Waals surface area contributed by atoms with Crippen LogP contribution < -0.4 is 0 Å². The Balaban J connectivity index is 2.10. The van der Waals surface area contributed by atoms with E-state index in [1.165, 1.54) is 12.8 Å². The van der Waals surface area contributed by atoms with Gasteiger partial charge in [-0.3, -0.25) is 4.98 Å². The zero-order valence-corrected chi connectivity index (χ0v) is 7.69. The van der Waals surface area contributed by atoms with Crippen LogP contribution in [-0.4, -0.2) is 16.7 Å². The molecular formula is C11H15NO. The number of rotatable bonds is 4. The number of aliphatic hydroxyl groups is 1. The van der Waals surface area contributed by atoms with E-state index in [9.17, 15) is 0 Å². The molecule has 1 unspecified atom stereocenters. The maximum atomic E-state index is 8.95. The maximum Gasteiger partial charge on any atom is 0.0438 e. The molecule has 1 aromatic rings. The van der Waals surface area contributed by atoms with Crippen molar-refractivity contribution in [3.63, 3.8) is 0 Å². The average molecular weight is 177 g/mol. The Morgan fingerprint density at radius 3 is 2.85 bits per heavy atom. The number of hydrogen-bond acceptors (Lipinski definition) is 2. The van der Waals surface area contributed by atoms with Crippen LogP contribution in [0.5, 0.6) is 0 Å². The fourth-order valence-corrected chi connectivity index (χ4v) is 1.86. The number of hydrogen-bond donors (Lipinski definition) is 1. The van der Waals surface area contributed by atoms with Crippen molar-refractivity contribution in [3.05, 3.63) is 30.1 Å². The Bertz CT molecular complexity index is 256. The standard InChI is InChI=1S/C11H15NO/c13-8-6-10(9-4-5-9)11-3-1-2-7-12-11/h1-3,7,9-10,13H,4-6,8H2. The van der Waals surface area contributed by atoms with Gasteiger partial charge in [-0.1, -0.05) is 6.07 Å². The van der Waals surface area contributed by atoms with Gasteiger partial charge in [-0.15, -0.1) is 0 Å². The highest BCUT2D eigenvalue weighted by Gasteiger charge is 2.32. The van der Waals surface area contributed by atoms with E-state index in [1.54, 1.807) is 0 Å². The van der Waals surface area contributed by atoms with Crippen LogP contribution >= 0.6 is 0 Å². The number of pyridine rings is 1. The molecular weight excluding hydrogens is 162 g/mol. The Morgan fingerprint density at radius 1 is 1.46 bits per heavy atom. The Morgan fingerprint density at radius 2 is 2.31 bits per heavy atom. The molecule has 1 atom stereocenters. The van der Waals surface area contributed by atoms with Crippen LogP contribution in [0.15, 0.2) is 24.4 Å². The van der Waals surface area contributed by atoms with Gasteiger partial charge in [-0.25, -0.2) is 0 Å². The molecule has 2 heteroatoms. The molecule has 0 bridgehead atoms. The largest absolute Gasteiger partial charge is 0.396 e. The number of nitrogens with zero attached hydrogens (tertiary/aromatic N) is 1. The van der Waals surface area contributed by atoms with Crippen molar-refractivity contribution >= 4 is 0 Å². The third-order valence-corrected chi connectivity index (χ3v) is 2.70. The molecule has 1 aliphatic carbocycles. The van der Waals surface area contributed by atoms with E-state index in [-0.39, 0.29) is 6.61 Å². The van der Waals surface area contributed by atoms with Gasteiger partial charge in [0.25, 0.3) is 0 Å². The smallest absolute Gasteiger partial charge is 0.0438 e. The van der Waals surface area contributed by atoms with Crippen LogP contribution in [0.1, 0.15) is 30.9 Å². The summed E-state index contributed by atoms with van der Waals surface area (Å²) in [5.74, 6) is 1.27. The van der Waals surface area contributed by atoms with Gasteiger partial charge in [0.05, 0.1) is 0 Å². The first-order valence-corrected chi connectivity index (χ1v) is 4.93. The second-order valence-electron chi connectivity index (χ2n) is 3.71. The van der Waals surface area contributed by atoms with Gasteiger partial charge in [0.1, 0.15) is 0 Å². The summed E-state index contributed by atoms with van der Waals surface area (Å²) in [6.45, 7) is 0.276. The lowest BCUT2D eigenvalue weighted by atomic mass is 9.96. The van der Waals surface area contributed by atoms with E-state index in [0.717, 1.165) is 18.0 Å². The maximum absolute atomic E-state index is 8.95. The predicted molar refractivity (Wildman–Crippen MR) is 51.4 cm³/mol. The first-order chi connectivity index (χ1) is 6.42. The Labute approximate surface area is 78.6 Å². The molecule has 1 fully saturated rings. The van der Waals surface area contributed by atoms with Crippen LogP contribution in [0.3, 0.4) is 0 Å². The second kappa shape index (κ2) is 3.88. The van der Waals surface area contributed by atoms with Crippen LogP contribution in [0.4, 0.5) is 0 Å². The summed E-state index contributed by atoms with van der Waals surface area (Å²) in [7, 11) is 0. The molecule has 13 heavy (non-hydrogen) atoms. The highest BCUT2D eigenvalue weighted by molar-refractivity contribution is 5.12. The average Bonchev–Trinajstić information content (AvgIpc) is 2.99. The lowest BCUT2D eigenvalue weighted by molar-refractivity contribution is 0.268. The van der Waals surface area contributed by atoms with Crippen LogP contribution in [0.2, 0.25) is 0 Å². The summed E-state index contributed by atoms with van der Waals surface area (Å²) < 4.78 is 0. The van der Waals surface area contributed by atoms with Crippen LogP contribution in [-0.2, 0) is 0 Å². The summed E-state index contributed by atoms with van der Waals surface area (Å²) in [5, 5.41) is 8.95. The normalized spacial score (nSPS) is 18.5. The molecule has 0 saturated heterocycles. The van der Waals surface area contributed by atoms with Gasteiger partial charge in [-0.05, 0) is 37.3 Å². The molecule has 1 aromatic heterocycles. The molecule has 0 aliphatic heterocycles. The molecule has 1 N–H and O–H groups in total. The number of aliphatic hydroxyl groups excluding tert-OH is 1. The van der Waals surface area contributed by atoms with Crippen molar-refractivity contribution < 1.29 is 5.11 Å². The Hall–Kier alpha value is -0.890. The van der Waals surface area contributed by atoms with Gasteiger partial charge >= 0.3 is 0 Å². The van der Waals surface area contributed by atoms with Crippen molar-refractivity contribution in [1.82, 2.24) is 4.98 Å². The molecule has 1 heterocycles. The fourth-order valence-electron chi connectivity index (χ4n) is 1.86. The highest BCUT2D eigenvalue weighted by Crippen LogP contribution is 2.43. The van der Waals surface area contributed by atoms with Crippen molar-refractivity contribution in [2.45, 2.75) is 25.2 Å². The zero-order chi connectivity index (χ0) is 9.10. The molecule has 2 rings (SSSR count). The van der Waals surface area contributed by atoms with E-state index >= 15 is 0 Å². The van der Waals surface area contributed by atoms with Gasteiger partial charge < -0.3 is 5.11 Å². The van der Waals surface area contributed by atoms with Crippen molar-refractivity contribution in [3.8, 4) is 0 Å². The van der Waals surface area contributed by atoms with Crippen LogP contribution in [0, 0.1) is 5.92 Å². The van der Waals surface area contributed by atoms with Gasteiger partial charge in [0.2, 0.25) is 0 Å². The fraction of sp³-hybridized carbons (Fsp3) is 0.545. The molecule has 1 aliphatic rings. The van der Waals surface area contributed by atoms with E-state index in [2.05, 4.69) is 11.1 Å². The number of aromatic nitrogens is 1. The van der Waals surface area contributed by atoms with Gasteiger partial charge in [0, 0.05) is 24.4 Å². The third-order valence-electron chi connectivity index (χ3n) is 2.70. The zero-order valence-electron chi connectivity index (χ0n) is 7.69. The highest BCUT2D eigenvalue weighted by atomic mass is 16.3. The monoisotopic (exact) mass is 177 g/mol. The van der Waals surface area contributed by atoms with Crippen molar-refractivity contribution in [2.75, 3.05) is 6.61 Å². The third kappa shape index (κ3) is 2.07. The molecule has 0 aromatic carbocycles. The quantitative estimate of drug-likeness (QED) is 0.762. The van der Waals surface area contributed by atoms with Gasteiger partial charge in [-0.2, -0.15) is 0 Å². The van der Waals surface area contributed by atoms with Gasteiger partial charge in [0.15, 0.2) is 0 Å². The SMILES string of the molecule is OCCC(c1ccccn1)C1CC1. The predicted octanol–water partition coefficient (Wildman–Crippen LogP) is 1.96. The first-order valence-electron chi connectivity index (χ1n) is 4.93. The second-order valence-corrected chi connectivity index (χ2v) is 3.71. The molecule has 70 valence electrons. The lowest BCUT2D eigenvalue weighted by Gasteiger charge is -2.13. The lowest BCUT2D eigenvalue weighted by Crippen LogP contribution is -2.05. The summed E-state index contributed by atoms with van der Waals surface area (Å²) >= 11 is 0. The molecule has 0 radical (unpaired) electrons. The van der Waals surface area contributed by atoms with E-state index in [0.29, 0.717) is 5.92 Å². The minimum Gasteiger partial charge on any atom is -0.396 e. The molecule has 0 amide bonds. The van der Waals surface area contributed by atoms with E-state index in [1.807, 2.05) is 18.3 Å². The summed E-state index contributed by atoms with van der Waals surface area (Å²) in [6.07, 6.45) is 5.31. The summed E-state index contributed by atoms with van der Waals surface area (Å²) in [6, 6.07) is 6.03. The summed E-state index contributed by atoms with van der Waals surface area (Å²) in [4.78, 5) is 4.35. The van der Waals surface area contributed by atoms with Crippen molar-refractivity contribution in [1.29, 1.82) is 0 Å². The minimum absolute atomic E-state index is 0.276. The summed E-state index contributed by atoms with van der Waals surface area (Å²) in [5.41, 5.74) is 1.15. The van der Waals surface area contributed by atoms with Crippen LogP contribution in [0.25, 0.3) is 0 Å². The molecule has 1 saturated carbocycles. The Kier molecular flexibility index (Phi) is 2.60.